The molecule has 0 saturated carbocycles. The van der Waals surface area contributed by atoms with Crippen molar-refractivity contribution < 1.29 is 0 Å². The van der Waals surface area contributed by atoms with Gasteiger partial charge in [0.1, 0.15) is 5.01 Å². The Bertz CT molecular complexity index is 1170. The number of aryl methyl sites for hydroxylation is 1. The highest BCUT2D eigenvalue weighted by Gasteiger charge is 2.15. The molecule has 0 amide bonds. The van der Waals surface area contributed by atoms with Crippen LogP contribution in [0.25, 0.3) is 22.0 Å². The van der Waals surface area contributed by atoms with Gasteiger partial charge in [-0.1, -0.05) is 80.2 Å². The number of nitrogens with zero attached hydrogens (tertiary/aromatic N) is 4. The topological polar surface area (TPSA) is 43.6 Å². The van der Waals surface area contributed by atoms with Gasteiger partial charge in [-0.15, -0.1) is 28.1 Å². The molecule has 4 aromatic rings. The first-order valence-electron chi connectivity index (χ1n) is 10.3. The normalized spacial score (nSPS) is 11.2. The second-order valence-corrected chi connectivity index (χ2v) is 9.53. The fourth-order valence-electron chi connectivity index (χ4n) is 3.37. The first kappa shape index (κ1) is 21.5. The van der Waals surface area contributed by atoms with Crippen LogP contribution in [0.5, 0.6) is 0 Å². The molecule has 0 N–H and O–H groups in total. The van der Waals surface area contributed by atoms with Gasteiger partial charge in [-0.05, 0) is 24.0 Å². The average Bonchev–Trinajstić information content (AvgIpc) is 3.40. The van der Waals surface area contributed by atoms with Crippen molar-refractivity contribution in [1.82, 2.24) is 19.7 Å². The van der Waals surface area contributed by atoms with Gasteiger partial charge in [0.25, 0.3) is 0 Å². The number of allylic oxidation sites excluding steroid dienone is 1. The molecule has 2 aromatic carbocycles. The Balaban J connectivity index is 1.53. The fraction of sp³-hybridized carbons (Fsp3) is 0.240. The second kappa shape index (κ2) is 9.62. The van der Waals surface area contributed by atoms with Crippen LogP contribution in [0.3, 0.4) is 0 Å². The summed E-state index contributed by atoms with van der Waals surface area (Å²) in [6.07, 6.45) is 1.89. The summed E-state index contributed by atoms with van der Waals surface area (Å²) in [5.41, 5.74) is 5.90. The smallest absolute Gasteiger partial charge is 0.192 e. The lowest BCUT2D eigenvalue weighted by Gasteiger charge is -2.09. The van der Waals surface area contributed by atoms with Crippen molar-refractivity contribution in [1.29, 1.82) is 0 Å². The average molecular weight is 447 g/mol. The van der Waals surface area contributed by atoms with Gasteiger partial charge in [-0.2, -0.15) is 0 Å². The van der Waals surface area contributed by atoms with Crippen molar-refractivity contribution in [3.8, 4) is 22.0 Å². The maximum Gasteiger partial charge on any atom is 0.192 e. The zero-order valence-corrected chi connectivity index (χ0v) is 19.7. The van der Waals surface area contributed by atoms with Gasteiger partial charge in [-0.25, -0.2) is 4.98 Å². The maximum absolute atomic E-state index is 4.84. The molecule has 0 saturated heterocycles. The molecule has 0 unspecified atom stereocenters. The molecule has 2 heterocycles. The van der Waals surface area contributed by atoms with E-state index in [-0.39, 0.29) is 0 Å². The van der Waals surface area contributed by atoms with Crippen LogP contribution in [0.2, 0.25) is 0 Å². The van der Waals surface area contributed by atoms with Gasteiger partial charge < -0.3 is 0 Å². The van der Waals surface area contributed by atoms with Crippen molar-refractivity contribution in [2.24, 2.45) is 0 Å². The summed E-state index contributed by atoms with van der Waals surface area (Å²) in [7, 11) is 0. The van der Waals surface area contributed by atoms with E-state index in [0.29, 0.717) is 12.5 Å². The van der Waals surface area contributed by atoms with Crippen LogP contribution in [0.4, 0.5) is 0 Å². The van der Waals surface area contributed by atoms with Crippen molar-refractivity contribution in [3.63, 3.8) is 0 Å². The number of hydrogen-bond acceptors (Lipinski definition) is 5. The number of thiazole rings is 1. The third-order valence-corrected chi connectivity index (χ3v) is 7.07. The Morgan fingerprint density at radius 1 is 1.10 bits per heavy atom. The SMILES string of the molecule is C=CCn1c(SCc2csc(-c3ccccc3C)n2)nnc1-c1ccc(C(C)C)cc1. The van der Waals surface area contributed by atoms with Crippen LogP contribution in [0.1, 0.15) is 36.6 Å². The molecule has 6 heteroatoms. The summed E-state index contributed by atoms with van der Waals surface area (Å²) < 4.78 is 2.12. The highest BCUT2D eigenvalue weighted by atomic mass is 32.2. The standard InChI is InChI=1S/C25H26N4S2/c1-5-14-29-23(20-12-10-19(11-13-20)17(2)3)27-28-25(29)31-16-21-15-30-24(26-21)22-9-7-6-8-18(22)4/h5-13,15,17H,1,14,16H2,2-4H3. The van der Waals surface area contributed by atoms with Crippen LogP contribution in [0.15, 0.2) is 71.7 Å². The van der Waals surface area contributed by atoms with Crippen molar-refractivity contribution in [3.05, 3.63) is 83.4 Å². The highest BCUT2D eigenvalue weighted by Crippen LogP contribution is 2.31. The van der Waals surface area contributed by atoms with E-state index >= 15 is 0 Å². The Labute approximate surface area is 192 Å². The number of rotatable bonds is 8. The minimum absolute atomic E-state index is 0.508. The van der Waals surface area contributed by atoms with Crippen LogP contribution in [-0.2, 0) is 12.3 Å². The zero-order valence-electron chi connectivity index (χ0n) is 18.1. The van der Waals surface area contributed by atoms with Crippen LogP contribution in [0, 0.1) is 6.92 Å². The monoisotopic (exact) mass is 446 g/mol. The molecule has 0 radical (unpaired) electrons. The largest absolute Gasteiger partial charge is 0.298 e. The van der Waals surface area contributed by atoms with Gasteiger partial charge in [0.2, 0.25) is 0 Å². The van der Waals surface area contributed by atoms with E-state index < -0.39 is 0 Å². The Kier molecular flexibility index (Phi) is 6.68. The van der Waals surface area contributed by atoms with Crippen molar-refractivity contribution >= 4 is 23.1 Å². The molecule has 0 bridgehead atoms. The summed E-state index contributed by atoms with van der Waals surface area (Å²) in [4.78, 5) is 4.84. The number of thioether (sulfide) groups is 1. The highest BCUT2D eigenvalue weighted by molar-refractivity contribution is 7.98. The van der Waals surface area contributed by atoms with Crippen LogP contribution < -0.4 is 0 Å². The summed E-state index contributed by atoms with van der Waals surface area (Å²) in [5, 5.41) is 13.0. The zero-order chi connectivity index (χ0) is 21.8. The Morgan fingerprint density at radius 2 is 1.87 bits per heavy atom. The van der Waals surface area contributed by atoms with Crippen molar-refractivity contribution in [2.75, 3.05) is 0 Å². The first-order valence-corrected chi connectivity index (χ1v) is 12.2. The van der Waals surface area contributed by atoms with Gasteiger partial charge in [-0.3, -0.25) is 4.57 Å². The lowest BCUT2D eigenvalue weighted by Crippen LogP contribution is -2.01. The predicted molar refractivity (Wildman–Crippen MR) is 132 cm³/mol. The van der Waals surface area contributed by atoms with Gasteiger partial charge in [0.05, 0.1) is 5.69 Å². The summed E-state index contributed by atoms with van der Waals surface area (Å²) in [6.45, 7) is 11.1. The second-order valence-electron chi connectivity index (χ2n) is 7.73. The van der Waals surface area contributed by atoms with Crippen molar-refractivity contribution in [2.45, 2.75) is 44.1 Å². The lowest BCUT2D eigenvalue weighted by atomic mass is 10.0. The maximum atomic E-state index is 4.84. The van der Waals surface area contributed by atoms with Gasteiger partial charge >= 0.3 is 0 Å². The van der Waals surface area contributed by atoms with E-state index in [1.54, 1.807) is 23.1 Å². The molecule has 4 rings (SSSR count). The molecular weight excluding hydrogens is 420 g/mol. The summed E-state index contributed by atoms with van der Waals surface area (Å²) in [6, 6.07) is 17.0. The lowest BCUT2D eigenvalue weighted by molar-refractivity contribution is 0.731. The molecule has 158 valence electrons. The first-order chi connectivity index (χ1) is 15.1. The van der Waals surface area contributed by atoms with Gasteiger partial charge in [0, 0.05) is 28.8 Å². The molecular formula is C25H26N4S2. The van der Waals surface area contributed by atoms with Crippen LogP contribution >= 0.6 is 23.1 Å². The van der Waals surface area contributed by atoms with E-state index in [9.17, 15) is 0 Å². The van der Waals surface area contributed by atoms with E-state index in [4.69, 9.17) is 4.98 Å². The molecule has 0 spiro atoms. The van der Waals surface area contributed by atoms with E-state index in [1.165, 1.54) is 16.7 Å². The summed E-state index contributed by atoms with van der Waals surface area (Å²) in [5.74, 6) is 2.13. The molecule has 0 aliphatic carbocycles. The van der Waals surface area contributed by atoms with Crippen LogP contribution in [-0.4, -0.2) is 19.7 Å². The molecule has 0 fully saturated rings. The Morgan fingerprint density at radius 3 is 2.58 bits per heavy atom. The molecule has 0 aliphatic heterocycles. The third kappa shape index (κ3) is 4.81. The molecule has 4 nitrogen and oxygen atoms in total. The molecule has 0 atom stereocenters. The summed E-state index contributed by atoms with van der Waals surface area (Å²) >= 11 is 3.35. The molecule has 0 aliphatic rings. The fourth-order valence-corrected chi connectivity index (χ4v) is 5.22. The quantitative estimate of drug-likeness (QED) is 0.216. The number of hydrogen-bond donors (Lipinski definition) is 0. The van der Waals surface area contributed by atoms with E-state index in [1.807, 2.05) is 6.08 Å². The van der Waals surface area contributed by atoms with Gasteiger partial charge in [0.15, 0.2) is 11.0 Å². The van der Waals surface area contributed by atoms with E-state index in [2.05, 4.69) is 96.0 Å². The minimum atomic E-state index is 0.508. The third-order valence-electron chi connectivity index (χ3n) is 5.14. The predicted octanol–water partition coefficient (Wildman–Crippen LogP) is 6.98. The minimum Gasteiger partial charge on any atom is -0.298 e. The van der Waals surface area contributed by atoms with E-state index in [0.717, 1.165) is 33.0 Å². The molecule has 2 aromatic heterocycles. The number of aromatic nitrogens is 4. The molecule has 31 heavy (non-hydrogen) atoms. The Hall–Kier alpha value is -2.70. The number of benzene rings is 2.